The number of nitrogen functional groups attached to an aromatic ring is 1. The zero-order valence-electron chi connectivity index (χ0n) is 14.8. The molecule has 0 fully saturated rings. The minimum absolute atomic E-state index is 0.629. The van der Waals surface area contributed by atoms with E-state index in [0.29, 0.717) is 6.61 Å². The Morgan fingerprint density at radius 2 is 1.92 bits per heavy atom. The molecule has 0 radical (unpaired) electrons. The number of H-pyrrole nitrogens is 1. The van der Waals surface area contributed by atoms with Gasteiger partial charge in [0.25, 0.3) is 0 Å². The van der Waals surface area contributed by atoms with Crippen molar-refractivity contribution < 1.29 is 4.74 Å². The van der Waals surface area contributed by atoms with Gasteiger partial charge in [0.2, 0.25) is 0 Å². The fraction of sp³-hybridized carbons (Fsp3) is 0.333. The number of hydrogen-bond acceptors (Lipinski definition) is 3. The van der Waals surface area contributed by atoms with Crippen molar-refractivity contribution in [2.75, 3.05) is 25.4 Å². The van der Waals surface area contributed by atoms with Gasteiger partial charge in [0.1, 0.15) is 12.4 Å². The predicted molar refractivity (Wildman–Crippen MR) is 105 cm³/mol. The molecule has 4 heteroatoms. The number of para-hydroxylation sites is 2. The Hall–Kier alpha value is -2.46. The van der Waals surface area contributed by atoms with Gasteiger partial charge in [-0.25, -0.2) is 0 Å². The lowest BCUT2D eigenvalue weighted by Crippen LogP contribution is -2.22. The van der Waals surface area contributed by atoms with Gasteiger partial charge in [0.05, 0.1) is 5.69 Å². The Labute approximate surface area is 149 Å². The Morgan fingerprint density at radius 1 is 1.04 bits per heavy atom. The van der Waals surface area contributed by atoms with Gasteiger partial charge in [-0.15, -0.1) is 0 Å². The smallest absolute Gasteiger partial charge is 0.142 e. The van der Waals surface area contributed by atoms with Crippen LogP contribution in [0.5, 0.6) is 5.75 Å². The molecule has 132 valence electrons. The second-order valence-electron chi connectivity index (χ2n) is 6.24. The molecule has 1 aromatic heterocycles. The highest BCUT2D eigenvalue weighted by Crippen LogP contribution is 2.25. The molecule has 4 N–H and O–H groups in total. The van der Waals surface area contributed by atoms with Crippen molar-refractivity contribution in [2.45, 2.75) is 26.2 Å². The van der Waals surface area contributed by atoms with E-state index in [0.717, 1.165) is 49.4 Å². The van der Waals surface area contributed by atoms with Crippen molar-refractivity contribution in [3.63, 3.8) is 0 Å². The van der Waals surface area contributed by atoms with Gasteiger partial charge in [-0.2, -0.15) is 0 Å². The molecular formula is C21H27N3O. The van der Waals surface area contributed by atoms with E-state index >= 15 is 0 Å². The molecule has 0 atom stereocenters. The number of nitrogens with two attached hydrogens (primary N) is 1. The first-order valence-electron chi connectivity index (χ1n) is 9.05. The Balaban J connectivity index is 1.35. The monoisotopic (exact) mass is 337 g/mol. The van der Waals surface area contributed by atoms with Crippen LogP contribution in [0.2, 0.25) is 0 Å². The number of fused-ring (bicyclic) bond motifs is 1. The van der Waals surface area contributed by atoms with Crippen molar-refractivity contribution in [3.05, 3.63) is 59.8 Å². The Kier molecular flexibility index (Phi) is 5.96. The molecule has 0 bridgehead atoms. The largest absolute Gasteiger partial charge is 0.490 e. The van der Waals surface area contributed by atoms with E-state index in [1.807, 2.05) is 18.2 Å². The van der Waals surface area contributed by atoms with Crippen LogP contribution in [-0.4, -0.2) is 24.7 Å². The third-order valence-corrected chi connectivity index (χ3v) is 4.55. The summed E-state index contributed by atoms with van der Waals surface area (Å²) in [5.41, 5.74) is 10.6. The van der Waals surface area contributed by atoms with E-state index in [-0.39, 0.29) is 0 Å². The van der Waals surface area contributed by atoms with E-state index < -0.39 is 0 Å². The van der Waals surface area contributed by atoms with Crippen LogP contribution in [0.3, 0.4) is 0 Å². The number of anilines is 1. The zero-order valence-corrected chi connectivity index (χ0v) is 14.8. The second kappa shape index (κ2) is 8.58. The van der Waals surface area contributed by atoms with Crippen LogP contribution in [0.25, 0.3) is 10.9 Å². The lowest BCUT2D eigenvalue weighted by Gasteiger charge is -2.12. The summed E-state index contributed by atoms with van der Waals surface area (Å²) in [6.45, 7) is 4.53. The van der Waals surface area contributed by atoms with Crippen LogP contribution >= 0.6 is 0 Å². The number of benzene rings is 2. The van der Waals surface area contributed by atoms with E-state index in [1.54, 1.807) is 0 Å². The molecule has 0 unspecified atom stereocenters. The molecule has 1 heterocycles. The first-order chi connectivity index (χ1) is 12.3. The summed E-state index contributed by atoms with van der Waals surface area (Å²) in [4.78, 5) is 3.33. The zero-order chi connectivity index (χ0) is 17.5. The molecular weight excluding hydrogens is 310 g/mol. The van der Waals surface area contributed by atoms with E-state index in [9.17, 15) is 0 Å². The summed E-state index contributed by atoms with van der Waals surface area (Å²) in [6, 6.07) is 14.4. The highest BCUT2D eigenvalue weighted by atomic mass is 16.5. The summed E-state index contributed by atoms with van der Waals surface area (Å²) >= 11 is 0. The number of nitrogens with one attached hydrogen (secondary N) is 2. The predicted octanol–water partition coefficient (Wildman–Crippen LogP) is 3.91. The standard InChI is InChI=1S/C21H27N3O/c1-2-16-7-5-11-20(21(16)22)25-14-13-23-12-6-8-17-15-24-19-10-4-3-9-18(17)19/h3-5,7,9-11,15,23-24H,2,6,8,12-14,22H2,1H3. The number of aryl methyl sites for hydroxylation is 2. The van der Waals surface area contributed by atoms with Gasteiger partial charge in [-0.05, 0) is 49.1 Å². The van der Waals surface area contributed by atoms with Gasteiger partial charge >= 0.3 is 0 Å². The first kappa shape index (κ1) is 17.4. The fourth-order valence-electron chi connectivity index (χ4n) is 3.12. The average molecular weight is 337 g/mol. The van der Waals surface area contributed by atoms with Gasteiger partial charge in [-0.3, -0.25) is 0 Å². The minimum Gasteiger partial charge on any atom is -0.490 e. The lowest BCUT2D eigenvalue weighted by molar-refractivity contribution is 0.315. The fourth-order valence-corrected chi connectivity index (χ4v) is 3.12. The van der Waals surface area contributed by atoms with Gasteiger partial charge in [0.15, 0.2) is 0 Å². The normalized spacial score (nSPS) is 11.1. The Bertz CT molecular complexity index is 810. The summed E-state index contributed by atoms with van der Waals surface area (Å²) in [7, 11) is 0. The molecule has 0 saturated heterocycles. The van der Waals surface area contributed by atoms with Crippen LogP contribution in [0, 0.1) is 0 Å². The maximum atomic E-state index is 6.11. The number of aromatic nitrogens is 1. The quantitative estimate of drug-likeness (QED) is 0.410. The first-order valence-corrected chi connectivity index (χ1v) is 9.05. The molecule has 3 aromatic rings. The van der Waals surface area contributed by atoms with E-state index in [1.165, 1.54) is 16.5 Å². The summed E-state index contributed by atoms with van der Waals surface area (Å²) in [5, 5.41) is 4.77. The molecule has 0 aliphatic heterocycles. The van der Waals surface area contributed by atoms with Crippen molar-refractivity contribution in [1.82, 2.24) is 10.3 Å². The highest BCUT2D eigenvalue weighted by Gasteiger charge is 2.04. The van der Waals surface area contributed by atoms with Gasteiger partial charge in [-0.1, -0.05) is 37.3 Å². The SMILES string of the molecule is CCc1cccc(OCCNCCCc2c[nH]c3ccccc23)c1N. The van der Waals surface area contributed by atoms with Crippen LogP contribution in [-0.2, 0) is 12.8 Å². The second-order valence-corrected chi connectivity index (χ2v) is 6.24. The topological polar surface area (TPSA) is 63.1 Å². The van der Waals surface area contributed by atoms with Crippen molar-refractivity contribution in [2.24, 2.45) is 0 Å². The molecule has 25 heavy (non-hydrogen) atoms. The van der Waals surface area contributed by atoms with Crippen molar-refractivity contribution >= 4 is 16.6 Å². The molecule has 3 rings (SSSR count). The number of ether oxygens (including phenoxy) is 1. The Morgan fingerprint density at radius 3 is 2.80 bits per heavy atom. The van der Waals surface area contributed by atoms with Crippen LogP contribution in [0.15, 0.2) is 48.7 Å². The van der Waals surface area contributed by atoms with Crippen molar-refractivity contribution in [1.29, 1.82) is 0 Å². The van der Waals surface area contributed by atoms with E-state index in [4.69, 9.17) is 10.5 Å². The number of hydrogen-bond donors (Lipinski definition) is 3. The van der Waals surface area contributed by atoms with E-state index in [2.05, 4.69) is 47.7 Å². The van der Waals surface area contributed by atoms with Crippen LogP contribution in [0.1, 0.15) is 24.5 Å². The molecule has 4 nitrogen and oxygen atoms in total. The van der Waals surface area contributed by atoms with Crippen LogP contribution < -0.4 is 15.8 Å². The molecule has 0 aliphatic rings. The molecule has 2 aromatic carbocycles. The summed E-state index contributed by atoms with van der Waals surface area (Å²) in [6.07, 6.45) is 5.23. The third-order valence-electron chi connectivity index (χ3n) is 4.55. The maximum absolute atomic E-state index is 6.11. The maximum Gasteiger partial charge on any atom is 0.142 e. The van der Waals surface area contributed by atoms with Gasteiger partial charge < -0.3 is 20.8 Å². The lowest BCUT2D eigenvalue weighted by atomic mass is 10.1. The third kappa shape index (κ3) is 4.34. The average Bonchev–Trinajstić information content (AvgIpc) is 3.05. The van der Waals surface area contributed by atoms with Gasteiger partial charge in [0, 0.05) is 23.6 Å². The van der Waals surface area contributed by atoms with Crippen molar-refractivity contribution in [3.8, 4) is 5.75 Å². The molecule has 0 spiro atoms. The summed E-state index contributed by atoms with van der Waals surface area (Å²) < 4.78 is 5.80. The molecule has 0 aliphatic carbocycles. The number of aromatic amines is 1. The molecule has 0 amide bonds. The summed E-state index contributed by atoms with van der Waals surface area (Å²) in [5.74, 6) is 0.792. The molecule has 0 saturated carbocycles. The highest BCUT2D eigenvalue weighted by molar-refractivity contribution is 5.82. The number of rotatable bonds is 9. The van der Waals surface area contributed by atoms with Crippen LogP contribution in [0.4, 0.5) is 5.69 Å². The minimum atomic E-state index is 0.629.